The van der Waals surface area contributed by atoms with Gasteiger partial charge in [-0.2, -0.15) is 0 Å². The van der Waals surface area contributed by atoms with Crippen LogP contribution in [0.25, 0.3) is 10.9 Å². The lowest BCUT2D eigenvalue weighted by atomic mass is 10.1. The maximum atomic E-state index is 12.3. The summed E-state index contributed by atoms with van der Waals surface area (Å²) >= 11 is 0. The van der Waals surface area contributed by atoms with Gasteiger partial charge in [0.1, 0.15) is 0 Å². The molecule has 4 nitrogen and oxygen atoms in total. The second-order valence-corrected chi connectivity index (χ2v) is 5.94. The average molecular weight is 285 g/mol. The van der Waals surface area contributed by atoms with E-state index in [0.717, 1.165) is 29.6 Å². The quantitative estimate of drug-likeness (QED) is 0.907. The van der Waals surface area contributed by atoms with Gasteiger partial charge in [0.25, 0.3) is 5.91 Å². The standard InChI is InChI=1S/C17H23N3O/c1-13(20-9-3-2-4-10-20)12-19-17(21)15-5-6-16-14(11-15)7-8-18-16/h5-8,11,13,18H,2-4,9-10,12H2,1H3,(H,19,21). The highest BCUT2D eigenvalue weighted by Crippen LogP contribution is 2.15. The van der Waals surface area contributed by atoms with Crippen LogP contribution in [0.1, 0.15) is 36.5 Å². The van der Waals surface area contributed by atoms with Gasteiger partial charge in [-0.15, -0.1) is 0 Å². The van der Waals surface area contributed by atoms with E-state index in [1.807, 2.05) is 30.5 Å². The number of amides is 1. The molecular weight excluding hydrogens is 262 g/mol. The third-order valence-electron chi connectivity index (χ3n) is 4.39. The molecule has 0 bridgehead atoms. The maximum absolute atomic E-state index is 12.3. The lowest BCUT2D eigenvalue weighted by Gasteiger charge is -2.32. The Morgan fingerprint density at radius 1 is 1.29 bits per heavy atom. The number of nitrogens with zero attached hydrogens (tertiary/aromatic N) is 1. The molecule has 2 aromatic rings. The number of fused-ring (bicyclic) bond motifs is 1. The predicted molar refractivity (Wildman–Crippen MR) is 85.5 cm³/mol. The number of hydrogen-bond acceptors (Lipinski definition) is 2. The number of aromatic nitrogens is 1. The second kappa shape index (κ2) is 6.31. The number of benzene rings is 1. The predicted octanol–water partition coefficient (Wildman–Crippen LogP) is 2.77. The molecule has 112 valence electrons. The summed E-state index contributed by atoms with van der Waals surface area (Å²) in [6.45, 7) is 5.23. The summed E-state index contributed by atoms with van der Waals surface area (Å²) in [5.41, 5.74) is 1.79. The van der Waals surface area contributed by atoms with E-state index in [4.69, 9.17) is 0 Å². The average Bonchev–Trinajstić information content (AvgIpc) is 3.00. The molecule has 1 aliphatic rings. The summed E-state index contributed by atoms with van der Waals surface area (Å²) in [5.74, 6) is 0.0157. The Bertz CT molecular complexity index is 613. The minimum atomic E-state index is 0.0157. The van der Waals surface area contributed by atoms with E-state index in [1.165, 1.54) is 19.3 Å². The third-order valence-corrected chi connectivity index (χ3v) is 4.39. The number of hydrogen-bond donors (Lipinski definition) is 2. The van der Waals surface area contributed by atoms with Gasteiger partial charge in [0.2, 0.25) is 0 Å². The first-order valence-corrected chi connectivity index (χ1v) is 7.83. The lowest BCUT2D eigenvalue weighted by molar-refractivity contribution is 0.0930. The van der Waals surface area contributed by atoms with Crippen molar-refractivity contribution in [3.05, 3.63) is 36.0 Å². The van der Waals surface area contributed by atoms with Gasteiger partial charge in [-0.05, 0) is 57.1 Å². The monoisotopic (exact) mass is 285 g/mol. The summed E-state index contributed by atoms with van der Waals surface area (Å²) < 4.78 is 0. The fraction of sp³-hybridized carbons (Fsp3) is 0.471. The van der Waals surface area contributed by atoms with E-state index in [2.05, 4.69) is 22.1 Å². The minimum absolute atomic E-state index is 0.0157. The molecule has 3 rings (SSSR count). The molecule has 4 heteroatoms. The van der Waals surface area contributed by atoms with Gasteiger partial charge >= 0.3 is 0 Å². The van der Waals surface area contributed by atoms with Crippen molar-refractivity contribution in [2.24, 2.45) is 0 Å². The Balaban J connectivity index is 1.57. The van der Waals surface area contributed by atoms with Crippen molar-refractivity contribution in [1.29, 1.82) is 0 Å². The zero-order valence-electron chi connectivity index (χ0n) is 12.6. The summed E-state index contributed by atoms with van der Waals surface area (Å²) in [7, 11) is 0. The number of piperidine rings is 1. The molecule has 0 saturated carbocycles. The molecule has 2 N–H and O–H groups in total. The number of H-pyrrole nitrogens is 1. The lowest BCUT2D eigenvalue weighted by Crippen LogP contribution is -2.44. The molecule has 1 saturated heterocycles. The summed E-state index contributed by atoms with van der Waals surface area (Å²) in [6.07, 6.45) is 5.79. The van der Waals surface area contributed by atoms with Gasteiger partial charge < -0.3 is 10.3 Å². The van der Waals surface area contributed by atoms with Crippen molar-refractivity contribution in [2.75, 3.05) is 19.6 Å². The zero-order chi connectivity index (χ0) is 14.7. The van der Waals surface area contributed by atoms with Crippen LogP contribution in [0.15, 0.2) is 30.5 Å². The van der Waals surface area contributed by atoms with Gasteiger partial charge in [-0.1, -0.05) is 6.42 Å². The van der Waals surface area contributed by atoms with Crippen molar-refractivity contribution < 1.29 is 4.79 Å². The van der Waals surface area contributed by atoms with Crippen LogP contribution in [-0.4, -0.2) is 41.5 Å². The smallest absolute Gasteiger partial charge is 0.251 e. The summed E-state index contributed by atoms with van der Waals surface area (Å²) in [4.78, 5) is 17.9. The Labute approximate surface area is 125 Å². The fourth-order valence-corrected chi connectivity index (χ4v) is 3.03. The number of aromatic amines is 1. The van der Waals surface area contributed by atoms with E-state index >= 15 is 0 Å². The van der Waals surface area contributed by atoms with Gasteiger partial charge in [-0.25, -0.2) is 0 Å². The summed E-state index contributed by atoms with van der Waals surface area (Å²) in [5, 5.41) is 4.14. The van der Waals surface area contributed by atoms with Gasteiger partial charge in [-0.3, -0.25) is 9.69 Å². The molecule has 1 aromatic carbocycles. The zero-order valence-corrected chi connectivity index (χ0v) is 12.6. The van der Waals surface area contributed by atoms with Crippen LogP contribution in [0.5, 0.6) is 0 Å². The van der Waals surface area contributed by atoms with Crippen molar-refractivity contribution in [3.8, 4) is 0 Å². The highest BCUT2D eigenvalue weighted by molar-refractivity contribution is 5.98. The highest BCUT2D eigenvalue weighted by Gasteiger charge is 2.17. The summed E-state index contributed by atoms with van der Waals surface area (Å²) in [6, 6.07) is 8.16. The van der Waals surface area contributed by atoms with Crippen molar-refractivity contribution >= 4 is 16.8 Å². The Morgan fingerprint density at radius 3 is 2.90 bits per heavy atom. The minimum Gasteiger partial charge on any atom is -0.361 e. The number of carbonyl (C=O) groups is 1. The topological polar surface area (TPSA) is 48.1 Å². The largest absolute Gasteiger partial charge is 0.361 e. The van der Waals surface area contributed by atoms with Crippen LogP contribution >= 0.6 is 0 Å². The van der Waals surface area contributed by atoms with E-state index in [0.29, 0.717) is 12.6 Å². The number of carbonyl (C=O) groups excluding carboxylic acids is 1. The molecule has 21 heavy (non-hydrogen) atoms. The number of rotatable bonds is 4. The molecule has 1 aromatic heterocycles. The molecule has 0 radical (unpaired) electrons. The molecule has 1 unspecified atom stereocenters. The first-order valence-electron chi connectivity index (χ1n) is 7.83. The molecule has 1 fully saturated rings. The Hall–Kier alpha value is -1.81. The first kappa shape index (κ1) is 14.1. The molecule has 0 spiro atoms. The third kappa shape index (κ3) is 3.27. The maximum Gasteiger partial charge on any atom is 0.251 e. The van der Waals surface area contributed by atoms with Crippen LogP contribution in [0.3, 0.4) is 0 Å². The second-order valence-electron chi connectivity index (χ2n) is 5.94. The van der Waals surface area contributed by atoms with Gasteiger partial charge in [0.05, 0.1) is 0 Å². The van der Waals surface area contributed by atoms with Crippen LogP contribution in [0.2, 0.25) is 0 Å². The number of nitrogens with one attached hydrogen (secondary N) is 2. The highest BCUT2D eigenvalue weighted by atomic mass is 16.1. The molecule has 1 aliphatic heterocycles. The van der Waals surface area contributed by atoms with Gasteiger partial charge in [0, 0.05) is 35.2 Å². The van der Waals surface area contributed by atoms with Gasteiger partial charge in [0.15, 0.2) is 0 Å². The van der Waals surface area contributed by atoms with Crippen LogP contribution in [0.4, 0.5) is 0 Å². The van der Waals surface area contributed by atoms with Crippen molar-refractivity contribution in [1.82, 2.24) is 15.2 Å². The molecule has 2 heterocycles. The van der Waals surface area contributed by atoms with Crippen LogP contribution < -0.4 is 5.32 Å². The molecule has 0 aliphatic carbocycles. The normalized spacial score (nSPS) is 17.8. The molecular formula is C17H23N3O. The Kier molecular flexibility index (Phi) is 4.25. The van der Waals surface area contributed by atoms with Crippen molar-refractivity contribution in [3.63, 3.8) is 0 Å². The van der Waals surface area contributed by atoms with E-state index < -0.39 is 0 Å². The Morgan fingerprint density at radius 2 is 2.10 bits per heavy atom. The van der Waals surface area contributed by atoms with Crippen molar-refractivity contribution in [2.45, 2.75) is 32.2 Å². The number of likely N-dealkylation sites (tertiary alicyclic amines) is 1. The fourth-order valence-electron chi connectivity index (χ4n) is 3.03. The van der Waals surface area contributed by atoms with E-state index in [1.54, 1.807) is 0 Å². The first-order chi connectivity index (χ1) is 10.2. The van der Waals surface area contributed by atoms with E-state index in [9.17, 15) is 4.79 Å². The van der Waals surface area contributed by atoms with E-state index in [-0.39, 0.29) is 5.91 Å². The van der Waals surface area contributed by atoms with Crippen LogP contribution in [-0.2, 0) is 0 Å². The SMILES string of the molecule is CC(CNC(=O)c1ccc2[nH]ccc2c1)N1CCCCC1. The molecule has 1 amide bonds. The van der Waals surface area contributed by atoms with Crippen LogP contribution in [0, 0.1) is 0 Å². The molecule has 1 atom stereocenters.